The van der Waals surface area contributed by atoms with Crippen molar-refractivity contribution in [2.24, 2.45) is 0 Å². The van der Waals surface area contributed by atoms with Crippen molar-refractivity contribution in [2.75, 3.05) is 6.61 Å². The number of ether oxygens (including phenoxy) is 3. The molecule has 0 spiro atoms. The van der Waals surface area contributed by atoms with Gasteiger partial charge in [0.25, 0.3) is 0 Å². The summed E-state index contributed by atoms with van der Waals surface area (Å²) in [4.78, 5) is 23.0. The van der Waals surface area contributed by atoms with Crippen molar-refractivity contribution in [2.45, 2.75) is 20.8 Å². The Labute approximate surface area is 123 Å². The fourth-order valence-corrected chi connectivity index (χ4v) is 1.29. The Bertz CT molecular complexity index is 586. The summed E-state index contributed by atoms with van der Waals surface area (Å²) in [7, 11) is 0. The molecular weight excluding hydrogens is 272 g/mol. The van der Waals surface area contributed by atoms with Gasteiger partial charge in [-0.3, -0.25) is 0 Å². The standard InChI is InChI=1S/C16H18O5/c1-6-19-14-9-12(20-15(17)10(2)3)7-8-13(14)21-16(18)11(4)5/h7-9H,2,4,6H2,1,3,5H3. The minimum atomic E-state index is -0.553. The quantitative estimate of drug-likeness (QED) is 0.458. The maximum absolute atomic E-state index is 11.5. The number of carbonyl (C=O) groups excluding carboxylic acids is 2. The maximum atomic E-state index is 11.5. The Kier molecular flexibility index (Phi) is 5.72. The van der Waals surface area contributed by atoms with Gasteiger partial charge in [-0.1, -0.05) is 13.2 Å². The van der Waals surface area contributed by atoms with Crippen molar-refractivity contribution in [3.8, 4) is 17.2 Å². The largest absolute Gasteiger partial charge is 0.490 e. The molecule has 1 rings (SSSR count). The molecule has 0 fully saturated rings. The second-order valence-corrected chi connectivity index (χ2v) is 4.38. The van der Waals surface area contributed by atoms with E-state index in [1.165, 1.54) is 18.2 Å². The fraction of sp³-hybridized carbons (Fsp3) is 0.250. The summed E-state index contributed by atoms with van der Waals surface area (Å²) in [5.41, 5.74) is 0.556. The molecular formula is C16H18O5. The van der Waals surface area contributed by atoms with Crippen LogP contribution in [0.25, 0.3) is 0 Å². The highest BCUT2D eigenvalue weighted by atomic mass is 16.6. The lowest BCUT2D eigenvalue weighted by atomic mass is 10.3. The van der Waals surface area contributed by atoms with Crippen molar-refractivity contribution < 1.29 is 23.8 Å². The first-order valence-corrected chi connectivity index (χ1v) is 6.37. The molecule has 0 aliphatic heterocycles. The van der Waals surface area contributed by atoms with Crippen LogP contribution in [0.3, 0.4) is 0 Å². The van der Waals surface area contributed by atoms with Crippen LogP contribution in [0.15, 0.2) is 42.5 Å². The summed E-state index contributed by atoms with van der Waals surface area (Å²) in [6.07, 6.45) is 0. The molecule has 0 radical (unpaired) electrons. The highest BCUT2D eigenvalue weighted by molar-refractivity contribution is 5.90. The van der Waals surface area contributed by atoms with E-state index < -0.39 is 11.9 Å². The van der Waals surface area contributed by atoms with Crippen molar-refractivity contribution in [1.82, 2.24) is 0 Å². The van der Waals surface area contributed by atoms with E-state index >= 15 is 0 Å². The van der Waals surface area contributed by atoms with E-state index in [0.29, 0.717) is 12.4 Å². The number of hydrogen-bond donors (Lipinski definition) is 0. The van der Waals surface area contributed by atoms with Gasteiger partial charge in [0.15, 0.2) is 11.5 Å². The van der Waals surface area contributed by atoms with E-state index in [9.17, 15) is 9.59 Å². The van der Waals surface area contributed by atoms with E-state index in [1.54, 1.807) is 20.8 Å². The van der Waals surface area contributed by atoms with Gasteiger partial charge in [-0.05, 0) is 32.9 Å². The number of esters is 2. The van der Waals surface area contributed by atoms with Crippen molar-refractivity contribution in [1.29, 1.82) is 0 Å². The van der Waals surface area contributed by atoms with Crippen LogP contribution in [0.2, 0.25) is 0 Å². The van der Waals surface area contributed by atoms with Gasteiger partial charge in [0.05, 0.1) is 6.61 Å². The Morgan fingerprint density at radius 1 is 1.00 bits per heavy atom. The molecule has 0 unspecified atom stereocenters. The van der Waals surface area contributed by atoms with Crippen molar-refractivity contribution in [3.63, 3.8) is 0 Å². The van der Waals surface area contributed by atoms with Gasteiger partial charge in [0.2, 0.25) is 0 Å². The molecule has 5 heteroatoms. The highest BCUT2D eigenvalue weighted by Gasteiger charge is 2.14. The lowest BCUT2D eigenvalue weighted by Crippen LogP contribution is -2.11. The van der Waals surface area contributed by atoms with E-state index in [1.807, 2.05) is 0 Å². The maximum Gasteiger partial charge on any atom is 0.338 e. The molecule has 1 aromatic rings. The lowest BCUT2D eigenvalue weighted by Gasteiger charge is -2.12. The average molecular weight is 290 g/mol. The Balaban J connectivity index is 3.01. The predicted octanol–water partition coefficient (Wildman–Crippen LogP) is 3.05. The molecule has 112 valence electrons. The normalized spacial score (nSPS) is 9.67. The molecule has 5 nitrogen and oxygen atoms in total. The van der Waals surface area contributed by atoms with Crippen molar-refractivity contribution >= 4 is 11.9 Å². The third kappa shape index (κ3) is 4.80. The summed E-state index contributed by atoms with van der Waals surface area (Å²) in [5.74, 6) is -0.271. The molecule has 0 N–H and O–H groups in total. The minimum Gasteiger partial charge on any atom is -0.490 e. The monoisotopic (exact) mass is 290 g/mol. The Hall–Kier alpha value is -2.56. The molecule has 0 amide bonds. The first-order valence-electron chi connectivity index (χ1n) is 6.37. The van der Waals surface area contributed by atoms with Crippen LogP contribution in [0.1, 0.15) is 20.8 Å². The van der Waals surface area contributed by atoms with Gasteiger partial charge in [-0.2, -0.15) is 0 Å². The van der Waals surface area contributed by atoms with E-state index in [2.05, 4.69) is 13.2 Å². The summed E-state index contributed by atoms with van der Waals surface area (Å²) in [6, 6.07) is 4.47. The zero-order valence-electron chi connectivity index (χ0n) is 12.4. The summed E-state index contributed by atoms with van der Waals surface area (Å²) < 4.78 is 15.6. The molecule has 0 atom stereocenters. The molecule has 0 saturated carbocycles. The lowest BCUT2D eigenvalue weighted by molar-refractivity contribution is -0.131. The van der Waals surface area contributed by atoms with Gasteiger partial charge >= 0.3 is 11.9 Å². The number of hydrogen-bond acceptors (Lipinski definition) is 5. The third-order valence-corrected chi connectivity index (χ3v) is 2.33. The Morgan fingerprint density at radius 3 is 2.10 bits per heavy atom. The second kappa shape index (κ2) is 7.28. The fourth-order valence-electron chi connectivity index (χ4n) is 1.29. The molecule has 1 aromatic carbocycles. The van der Waals surface area contributed by atoms with E-state index in [4.69, 9.17) is 14.2 Å². The van der Waals surface area contributed by atoms with Gasteiger partial charge < -0.3 is 14.2 Å². The van der Waals surface area contributed by atoms with Gasteiger partial charge in [-0.25, -0.2) is 9.59 Å². The van der Waals surface area contributed by atoms with Crippen LogP contribution in [0.5, 0.6) is 17.2 Å². The van der Waals surface area contributed by atoms with Gasteiger partial charge in [0.1, 0.15) is 5.75 Å². The Morgan fingerprint density at radius 2 is 1.57 bits per heavy atom. The van der Waals surface area contributed by atoms with Gasteiger partial charge in [0, 0.05) is 17.2 Å². The van der Waals surface area contributed by atoms with Crippen LogP contribution >= 0.6 is 0 Å². The zero-order valence-corrected chi connectivity index (χ0v) is 12.4. The molecule has 0 aliphatic rings. The highest BCUT2D eigenvalue weighted by Crippen LogP contribution is 2.32. The van der Waals surface area contributed by atoms with Gasteiger partial charge in [-0.15, -0.1) is 0 Å². The first-order chi connectivity index (χ1) is 9.85. The minimum absolute atomic E-state index is 0.236. The molecule has 0 bridgehead atoms. The second-order valence-electron chi connectivity index (χ2n) is 4.38. The van der Waals surface area contributed by atoms with Crippen LogP contribution in [-0.2, 0) is 9.59 Å². The zero-order chi connectivity index (χ0) is 16.0. The first kappa shape index (κ1) is 16.5. The van der Waals surface area contributed by atoms with Crippen LogP contribution in [-0.4, -0.2) is 18.5 Å². The topological polar surface area (TPSA) is 61.8 Å². The van der Waals surface area contributed by atoms with Crippen LogP contribution < -0.4 is 14.2 Å². The molecule has 21 heavy (non-hydrogen) atoms. The number of carbonyl (C=O) groups is 2. The number of benzene rings is 1. The van der Waals surface area contributed by atoms with Crippen molar-refractivity contribution in [3.05, 3.63) is 42.5 Å². The summed E-state index contributed by atoms with van der Waals surface area (Å²) in [6.45, 7) is 12.3. The molecule has 0 aromatic heterocycles. The van der Waals surface area contributed by atoms with E-state index in [0.717, 1.165) is 0 Å². The summed E-state index contributed by atoms with van der Waals surface area (Å²) >= 11 is 0. The SMILES string of the molecule is C=C(C)C(=O)Oc1ccc(OC(=O)C(=C)C)c(OCC)c1. The average Bonchev–Trinajstić information content (AvgIpc) is 2.41. The van der Waals surface area contributed by atoms with Crippen LogP contribution in [0, 0.1) is 0 Å². The molecule has 0 heterocycles. The molecule has 0 saturated heterocycles. The summed E-state index contributed by atoms with van der Waals surface area (Å²) in [5, 5.41) is 0. The van der Waals surface area contributed by atoms with Crippen LogP contribution in [0.4, 0.5) is 0 Å². The smallest absolute Gasteiger partial charge is 0.338 e. The predicted molar refractivity (Wildman–Crippen MR) is 78.5 cm³/mol. The number of rotatable bonds is 6. The van der Waals surface area contributed by atoms with E-state index in [-0.39, 0.29) is 22.6 Å². The molecule has 0 aliphatic carbocycles. The third-order valence-electron chi connectivity index (χ3n) is 2.33.